The lowest BCUT2D eigenvalue weighted by atomic mass is 10.2. The minimum Gasteiger partial charge on any atom is -0.452 e. The Bertz CT molecular complexity index is 930. The highest BCUT2D eigenvalue weighted by Crippen LogP contribution is 2.33. The van der Waals surface area contributed by atoms with Crippen molar-refractivity contribution >= 4 is 58.4 Å². The highest BCUT2D eigenvalue weighted by molar-refractivity contribution is 6.35. The van der Waals surface area contributed by atoms with Crippen LogP contribution in [0.5, 0.6) is 0 Å². The molecule has 0 heterocycles. The molecule has 0 saturated heterocycles. The molecule has 0 aliphatic carbocycles. The summed E-state index contributed by atoms with van der Waals surface area (Å²) < 4.78 is 42.9. The zero-order valence-electron chi connectivity index (χ0n) is 13.8. The van der Waals surface area contributed by atoms with Crippen LogP contribution in [0.15, 0.2) is 42.5 Å². The molecule has 0 aromatic heterocycles. The molecule has 2 aromatic carbocycles. The second-order valence-corrected chi connectivity index (χ2v) is 6.60. The predicted molar refractivity (Wildman–Crippen MR) is 102 cm³/mol. The fourth-order valence-electron chi connectivity index (χ4n) is 1.96. The van der Waals surface area contributed by atoms with Gasteiger partial charge in [-0.25, -0.2) is 4.79 Å². The Balaban J connectivity index is 1.93. The van der Waals surface area contributed by atoms with Gasteiger partial charge in [-0.2, -0.15) is 13.2 Å². The van der Waals surface area contributed by atoms with Gasteiger partial charge in [0, 0.05) is 16.1 Å². The van der Waals surface area contributed by atoms with Gasteiger partial charge in [0.15, 0.2) is 6.61 Å². The summed E-state index contributed by atoms with van der Waals surface area (Å²) in [6.07, 6.45) is -2.19. The quantitative estimate of drug-likeness (QED) is 0.457. The molecular formula is C18H11Cl3F3NO3. The van der Waals surface area contributed by atoms with E-state index in [1.54, 1.807) is 12.1 Å². The third-order valence-electron chi connectivity index (χ3n) is 3.27. The highest BCUT2D eigenvalue weighted by Gasteiger charge is 2.31. The summed E-state index contributed by atoms with van der Waals surface area (Å²) in [7, 11) is 0. The Morgan fingerprint density at radius 2 is 1.75 bits per heavy atom. The fourth-order valence-corrected chi connectivity index (χ4v) is 2.60. The molecule has 0 unspecified atom stereocenters. The van der Waals surface area contributed by atoms with Crippen molar-refractivity contribution in [3.8, 4) is 0 Å². The molecule has 4 nitrogen and oxygen atoms in total. The van der Waals surface area contributed by atoms with E-state index in [0.717, 1.165) is 18.2 Å². The normalized spacial score (nSPS) is 11.5. The Morgan fingerprint density at radius 1 is 1.04 bits per heavy atom. The third kappa shape index (κ3) is 6.44. The zero-order chi connectivity index (χ0) is 20.9. The number of esters is 1. The second-order valence-electron chi connectivity index (χ2n) is 5.35. The van der Waals surface area contributed by atoms with Crippen molar-refractivity contribution in [1.29, 1.82) is 0 Å². The van der Waals surface area contributed by atoms with E-state index in [1.807, 2.05) is 0 Å². The molecule has 10 heteroatoms. The summed E-state index contributed by atoms with van der Waals surface area (Å²) in [5.74, 6) is -1.70. The van der Waals surface area contributed by atoms with E-state index in [-0.39, 0.29) is 10.7 Å². The van der Waals surface area contributed by atoms with Gasteiger partial charge >= 0.3 is 12.1 Å². The fraction of sp³-hybridized carbons (Fsp3) is 0.111. The summed E-state index contributed by atoms with van der Waals surface area (Å²) in [5.41, 5.74) is -0.726. The maximum atomic E-state index is 12.7. The summed E-state index contributed by atoms with van der Waals surface area (Å²) >= 11 is 17.5. The Hall–Kier alpha value is -2.22. The summed E-state index contributed by atoms with van der Waals surface area (Å²) in [6, 6.07) is 7.11. The highest BCUT2D eigenvalue weighted by atomic mass is 35.5. The first kappa shape index (κ1) is 22.1. The number of alkyl halides is 3. The van der Waals surface area contributed by atoms with E-state index < -0.39 is 30.2 Å². The number of carbonyl (C=O) groups excluding carboxylic acids is 2. The molecule has 0 spiro atoms. The topological polar surface area (TPSA) is 55.4 Å². The van der Waals surface area contributed by atoms with Crippen LogP contribution in [-0.2, 0) is 20.5 Å². The van der Waals surface area contributed by atoms with E-state index in [9.17, 15) is 22.8 Å². The SMILES string of the molecule is O=C(COC(=O)C=Cc1ccc(Cl)cc1Cl)Nc1cc(C(F)(F)F)ccc1Cl. The first-order valence-corrected chi connectivity index (χ1v) is 8.66. The number of rotatable bonds is 5. The number of halogens is 6. The average molecular weight is 453 g/mol. The Labute approximate surface area is 172 Å². The van der Waals surface area contributed by atoms with Crippen molar-refractivity contribution in [3.63, 3.8) is 0 Å². The minimum absolute atomic E-state index is 0.0926. The molecule has 0 fully saturated rings. The molecule has 1 amide bonds. The lowest BCUT2D eigenvalue weighted by molar-refractivity contribution is -0.142. The lowest BCUT2D eigenvalue weighted by Crippen LogP contribution is -2.20. The number of ether oxygens (including phenoxy) is 1. The van der Waals surface area contributed by atoms with Crippen LogP contribution in [0.3, 0.4) is 0 Å². The molecule has 1 N–H and O–H groups in total. The number of carbonyl (C=O) groups is 2. The number of nitrogens with one attached hydrogen (secondary N) is 1. The van der Waals surface area contributed by atoms with Gasteiger partial charge in [-0.15, -0.1) is 0 Å². The van der Waals surface area contributed by atoms with Gasteiger partial charge in [0.05, 0.1) is 16.3 Å². The Morgan fingerprint density at radius 3 is 2.39 bits per heavy atom. The monoisotopic (exact) mass is 451 g/mol. The number of anilines is 1. The number of hydrogen-bond donors (Lipinski definition) is 1. The number of hydrogen-bond acceptors (Lipinski definition) is 3. The minimum atomic E-state index is -4.59. The van der Waals surface area contributed by atoms with Gasteiger partial charge in [-0.05, 0) is 42.0 Å². The van der Waals surface area contributed by atoms with Gasteiger partial charge in [0.1, 0.15) is 0 Å². The maximum absolute atomic E-state index is 12.7. The average Bonchev–Trinajstić information content (AvgIpc) is 2.60. The molecule has 2 aromatic rings. The standard InChI is InChI=1S/C18H11Cl3F3NO3/c19-12-4-1-10(14(21)8-12)2-6-17(27)28-9-16(26)25-15-7-11(18(22,23)24)3-5-13(15)20/h1-8H,9H2,(H,25,26). The van der Waals surface area contributed by atoms with Crippen LogP contribution in [0.2, 0.25) is 15.1 Å². The molecule has 28 heavy (non-hydrogen) atoms. The third-order valence-corrected chi connectivity index (χ3v) is 4.17. The molecule has 0 bridgehead atoms. The Kier molecular flexibility index (Phi) is 7.35. The van der Waals surface area contributed by atoms with Crippen molar-refractivity contribution in [1.82, 2.24) is 0 Å². The van der Waals surface area contributed by atoms with Crippen molar-refractivity contribution < 1.29 is 27.5 Å². The first-order chi connectivity index (χ1) is 13.1. The zero-order valence-corrected chi connectivity index (χ0v) is 16.1. The van der Waals surface area contributed by atoms with Crippen LogP contribution in [0.25, 0.3) is 6.08 Å². The lowest BCUT2D eigenvalue weighted by Gasteiger charge is -2.11. The molecule has 0 saturated carbocycles. The molecule has 0 aliphatic heterocycles. The van der Waals surface area contributed by atoms with Crippen molar-refractivity contribution in [2.75, 3.05) is 11.9 Å². The van der Waals surface area contributed by atoms with Gasteiger partial charge < -0.3 is 10.1 Å². The van der Waals surface area contributed by atoms with Crippen molar-refractivity contribution in [2.45, 2.75) is 6.18 Å². The van der Waals surface area contributed by atoms with E-state index in [2.05, 4.69) is 5.32 Å². The van der Waals surface area contributed by atoms with Crippen LogP contribution in [0.4, 0.5) is 18.9 Å². The van der Waals surface area contributed by atoms with Gasteiger partial charge in [-0.1, -0.05) is 40.9 Å². The molecule has 2 rings (SSSR count). The number of benzene rings is 2. The smallest absolute Gasteiger partial charge is 0.416 e. The predicted octanol–water partition coefficient (Wildman–Crippen LogP) is 5.86. The van der Waals surface area contributed by atoms with Crippen LogP contribution >= 0.6 is 34.8 Å². The van der Waals surface area contributed by atoms with Crippen LogP contribution < -0.4 is 5.32 Å². The molecule has 0 aliphatic rings. The summed E-state index contributed by atoms with van der Waals surface area (Å²) in [5, 5.41) is 2.81. The maximum Gasteiger partial charge on any atom is 0.416 e. The van der Waals surface area contributed by atoms with E-state index in [1.165, 1.54) is 12.1 Å². The first-order valence-electron chi connectivity index (χ1n) is 7.53. The molecule has 0 atom stereocenters. The molecule has 148 valence electrons. The van der Waals surface area contributed by atoms with Gasteiger partial charge in [-0.3, -0.25) is 4.79 Å². The molecule has 0 radical (unpaired) electrons. The second kappa shape index (κ2) is 9.32. The van der Waals surface area contributed by atoms with Gasteiger partial charge in [0.2, 0.25) is 0 Å². The van der Waals surface area contributed by atoms with E-state index in [0.29, 0.717) is 21.7 Å². The summed E-state index contributed by atoms with van der Waals surface area (Å²) in [4.78, 5) is 23.5. The van der Waals surface area contributed by atoms with Crippen molar-refractivity contribution in [3.05, 3.63) is 68.7 Å². The van der Waals surface area contributed by atoms with Gasteiger partial charge in [0.25, 0.3) is 5.91 Å². The largest absolute Gasteiger partial charge is 0.452 e. The van der Waals surface area contributed by atoms with E-state index >= 15 is 0 Å². The van der Waals surface area contributed by atoms with E-state index in [4.69, 9.17) is 39.5 Å². The van der Waals surface area contributed by atoms with Crippen molar-refractivity contribution in [2.24, 2.45) is 0 Å². The molecular weight excluding hydrogens is 442 g/mol. The summed E-state index contributed by atoms with van der Waals surface area (Å²) in [6.45, 7) is -0.718. The van der Waals surface area contributed by atoms with Crippen LogP contribution in [0.1, 0.15) is 11.1 Å². The van der Waals surface area contributed by atoms with Crippen LogP contribution in [0, 0.1) is 0 Å². The number of amides is 1. The van der Waals surface area contributed by atoms with Crippen LogP contribution in [-0.4, -0.2) is 18.5 Å².